The van der Waals surface area contributed by atoms with Gasteiger partial charge in [-0.25, -0.2) is 0 Å². The van der Waals surface area contributed by atoms with Crippen molar-refractivity contribution in [2.24, 2.45) is 0 Å². The Morgan fingerprint density at radius 3 is 1.15 bits per heavy atom. The second-order valence-corrected chi connectivity index (χ2v) is 18.2. The van der Waals surface area contributed by atoms with Gasteiger partial charge in [0, 0.05) is 19.3 Å². The molecule has 0 aromatic carbocycles. The summed E-state index contributed by atoms with van der Waals surface area (Å²) in [5.74, 6) is -0.988. The van der Waals surface area contributed by atoms with Crippen LogP contribution >= 0.6 is 0 Å². The van der Waals surface area contributed by atoms with Crippen LogP contribution in [0.25, 0.3) is 0 Å². The molecule has 1 atom stereocenters. The van der Waals surface area contributed by atoms with E-state index in [1.165, 1.54) is 141 Å². The van der Waals surface area contributed by atoms with Crippen LogP contribution in [0.15, 0.2) is 72.9 Å². The van der Waals surface area contributed by atoms with Gasteiger partial charge in [-0.1, -0.05) is 261 Å². The number of ether oxygens (including phenoxy) is 3. The van der Waals surface area contributed by atoms with Crippen LogP contribution in [-0.4, -0.2) is 37.2 Å². The lowest BCUT2D eigenvalue weighted by Gasteiger charge is -2.18. The molecule has 6 heteroatoms. The lowest BCUT2D eigenvalue weighted by Crippen LogP contribution is -2.30. The van der Waals surface area contributed by atoms with Gasteiger partial charge in [-0.15, -0.1) is 0 Å². The Balaban J connectivity index is 4.41. The number of carbonyl (C=O) groups is 3. The maximum absolute atomic E-state index is 12.8. The maximum atomic E-state index is 12.8. The monoisotopic (exact) mass is 907 g/mol. The van der Waals surface area contributed by atoms with E-state index in [1.54, 1.807) is 0 Å². The minimum atomic E-state index is -0.808. The largest absolute Gasteiger partial charge is 0.462 e. The summed E-state index contributed by atoms with van der Waals surface area (Å²) in [5.41, 5.74) is 0. The van der Waals surface area contributed by atoms with Crippen LogP contribution < -0.4 is 0 Å². The Bertz CT molecular complexity index is 1230. The molecule has 0 aliphatic rings. The second kappa shape index (κ2) is 53.5. The summed E-state index contributed by atoms with van der Waals surface area (Å²) in [6.07, 6.45) is 67.6. The smallest absolute Gasteiger partial charge is 0.306 e. The predicted molar refractivity (Wildman–Crippen MR) is 279 cm³/mol. The summed E-state index contributed by atoms with van der Waals surface area (Å²) in [6.45, 7) is 6.44. The number of allylic oxidation sites excluding steroid dienone is 12. The summed E-state index contributed by atoms with van der Waals surface area (Å²) < 4.78 is 16.8. The van der Waals surface area contributed by atoms with Crippen molar-refractivity contribution in [2.45, 2.75) is 271 Å². The Kier molecular flexibility index (Phi) is 50.9. The Morgan fingerprint density at radius 2 is 0.692 bits per heavy atom. The molecule has 0 radical (unpaired) electrons. The normalized spacial score (nSPS) is 12.6. The molecule has 0 aliphatic carbocycles. The lowest BCUT2D eigenvalue weighted by molar-refractivity contribution is -0.166. The Hall–Kier alpha value is -3.15. The fraction of sp³-hybridized carbons (Fsp3) is 0.746. The number of esters is 3. The molecule has 0 amide bonds. The highest BCUT2D eigenvalue weighted by molar-refractivity contribution is 5.71. The van der Waals surface area contributed by atoms with Crippen molar-refractivity contribution < 1.29 is 28.6 Å². The van der Waals surface area contributed by atoms with Crippen molar-refractivity contribution in [3.63, 3.8) is 0 Å². The third-order valence-corrected chi connectivity index (χ3v) is 11.8. The first-order valence-electron chi connectivity index (χ1n) is 27.5. The molecule has 374 valence electrons. The highest BCUT2D eigenvalue weighted by Crippen LogP contribution is 2.16. The highest BCUT2D eigenvalue weighted by Gasteiger charge is 2.19. The first-order chi connectivity index (χ1) is 32.0. The number of hydrogen-bond donors (Lipinski definition) is 0. The summed E-state index contributed by atoms with van der Waals surface area (Å²) >= 11 is 0. The van der Waals surface area contributed by atoms with Gasteiger partial charge in [0.05, 0.1) is 0 Å². The van der Waals surface area contributed by atoms with Crippen molar-refractivity contribution in [2.75, 3.05) is 13.2 Å². The summed E-state index contributed by atoms with van der Waals surface area (Å²) in [7, 11) is 0. The van der Waals surface area contributed by atoms with E-state index in [9.17, 15) is 14.4 Å². The molecule has 0 spiro atoms. The van der Waals surface area contributed by atoms with Crippen LogP contribution in [0.5, 0.6) is 0 Å². The summed E-state index contributed by atoms with van der Waals surface area (Å²) in [4.78, 5) is 38.0. The Labute approximate surface area is 402 Å². The minimum Gasteiger partial charge on any atom is -0.462 e. The number of rotatable bonds is 49. The van der Waals surface area contributed by atoms with E-state index in [1.807, 2.05) is 24.3 Å². The first-order valence-corrected chi connectivity index (χ1v) is 27.5. The number of unbranched alkanes of at least 4 members (excludes halogenated alkanes) is 29. The van der Waals surface area contributed by atoms with Crippen LogP contribution in [0.3, 0.4) is 0 Å². The van der Waals surface area contributed by atoms with Gasteiger partial charge in [0.25, 0.3) is 0 Å². The summed E-state index contributed by atoms with van der Waals surface area (Å²) in [6, 6.07) is 0. The van der Waals surface area contributed by atoms with Gasteiger partial charge in [0.2, 0.25) is 0 Å². The zero-order valence-electron chi connectivity index (χ0n) is 42.7. The molecule has 0 bridgehead atoms. The van der Waals surface area contributed by atoms with Gasteiger partial charge >= 0.3 is 17.9 Å². The quantitative estimate of drug-likeness (QED) is 0.0199. The number of hydrogen-bond acceptors (Lipinski definition) is 6. The second-order valence-electron chi connectivity index (χ2n) is 18.2. The molecule has 0 fully saturated rings. The van der Waals surface area contributed by atoms with Crippen LogP contribution in [0.1, 0.15) is 265 Å². The molecule has 0 N–H and O–H groups in total. The van der Waals surface area contributed by atoms with Gasteiger partial charge in [-0.05, 0) is 57.8 Å². The standard InChI is InChI=1S/C59H102O6/c1-4-7-10-13-16-19-22-25-27-28-29-30-32-34-37-40-43-46-49-52-58(61)64-55-56(54-63-57(60)51-48-45-42-39-36-33-24-21-18-15-12-9-6-3)65-59(62)53-50-47-44-41-38-35-31-26-23-20-17-14-11-8-5-2/h8,11,14,17,20,23,26,31,33,36,42,45,56H,4-7,9-10,12-13,15-16,18-19,21-22,24-25,27-30,32,34-35,37-41,43-44,46-55H2,1-3H3/b11-8-,17-14-,23-20-,31-26-,36-33-,45-42-. The van der Waals surface area contributed by atoms with Crippen molar-refractivity contribution >= 4 is 17.9 Å². The molecule has 6 nitrogen and oxygen atoms in total. The molecule has 0 rings (SSSR count). The highest BCUT2D eigenvalue weighted by atomic mass is 16.6. The van der Waals surface area contributed by atoms with E-state index >= 15 is 0 Å². The van der Waals surface area contributed by atoms with Crippen molar-refractivity contribution in [1.82, 2.24) is 0 Å². The Morgan fingerprint density at radius 1 is 0.338 bits per heavy atom. The molecule has 0 aliphatic heterocycles. The van der Waals surface area contributed by atoms with Crippen molar-refractivity contribution in [1.29, 1.82) is 0 Å². The van der Waals surface area contributed by atoms with Gasteiger partial charge in [0.15, 0.2) is 6.10 Å². The number of carbonyl (C=O) groups excluding carboxylic acids is 3. The minimum absolute atomic E-state index is 0.100. The van der Waals surface area contributed by atoms with E-state index in [0.717, 1.165) is 77.0 Å². The van der Waals surface area contributed by atoms with E-state index in [0.29, 0.717) is 19.3 Å². The van der Waals surface area contributed by atoms with Gasteiger partial charge < -0.3 is 14.2 Å². The maximum Gasteiger partial charge on any atom is 0.306 e. The molecule has 0 saturated carbocycles. The van der Waals surface area contributed by atoms with Crippen LogP contribution in [0.4, 0.5) is 0 Å². The fourth-order valence-electron chi connectivity index (χ4n) is 7.68. The molecule has 1 unspecified atom stereocenters. The zero-order valence-corrected chi connectivity index (χ0v) is 42.7. The average molecular weight is 907 g/mol. The van der Waals surface area contributed by atoms with Crippen LogP contribution in [0, 0.1) is 0 Å². The van der Waals surface area contributed by atoms with Crippen LogP contribution in [-0.2, 0) is 28.6 Å². The summed E-state index contributed by atoms with van der Waals surface area (Å²) in [5, 5.41) is 0. The lowest BCUT2D eigenvalue weighted by atomic mass is 10.0. The van der Waals surface area contributed by atoms with Crippen LogP contribution in [0.2, 0.25) is 0 Å². The zero-order chi connectivity index (χ0) is 47.2. The van der Waals surface area contributed by atoms with E-state index in [-0.39, 0.29) is 37.5 Å². The molecule has 0 aromatic rings. The molecular weight excluding hydrogens is 805 g/mol. The van der Waals surface area contributed by atoms with Crippen molar-refractivity contribution in [3.8, 4) is 0 Å². The fourth-order valence-corrected chi connectivity index (χ4v) is 7.68. The van der Waals surface area contributed by atoms with E-state index in [4.69, 9.17) is 14.2 Å². The van der Waals surface area contributed by atoms with Gasteiger partial charge in [-0.3, -0.25) is 14.4 Å². The van der Waals surface area contributed by atoms with Gasteiger partial charge in [0.1, 0.15) is 13.2 Å². The topological polar surface area (TPSA) is 78.9 Å². The molecule has 0 heterocycles. The third kappa shape index (κ3) is 51.7. The third-order valence-electron chi connectivity index (χ3n) is 11.8. The average Bonchev–Trinajstić information content (AvgIpc) is 3.30. The predicted octanol–water partition coefficient (Wildman–Crippen LogP) is 18.2. The molecular formula is C59H102O6. The van der Waals surface area contributed by atoms with Gasteiger partial charge in [-0.2, -0.15) is 0 Å². The van der Waals surface area contributed by atoms with E-state index < -0.39 is 6.10 Å². The molecule has 0 saturated heterocycles. The van der Waals surface area contributed by atoms with Crippen molar-refractivity contribution in [3.05, 3.63) is 72.9 Å². The SMILES string of the molecule is CC\C=C/C=C\C=C/C=C\CCCCCCCC(=O)OC(COC(=O)CC/C=C\C/C=C\CCCCCCCC)COC(=O)CCCCCCCCCCCCCCCCCCCCC. The molecule has 0 aromatic heterocycles. The van der Waals surface area contributed by atoms with E-state index in [2.05, 4.69) is 69.4 Å². The first kappa shape index (κ1) is 61.9. The molecule has 65 heavy (non-hydrogen) atoms.